The van der Waals surface area contributed by atoms with Crippen molar-refractivity contribution in [3.8, 4) is 22.6 Å². The fraction of sp³-hybridized carbons (Fsp3) is 0.185. The van der Waals surface area contributed by atoms with E-state index in [0.29, 0.717) is 6.04 Å². The van der Waals surface area contributed by atoms with Gasteiger partial charge < -0.3 is 14.9 Å². The average molecular weight is 465 g/mol. The van der Waals surface area contributed by atoms with Crippen LogP contribution in [0.2, 0.25) is 0 Å². The van der Waals surface area contributed by atoms with E-state index in [0.717, 1.165) is 62.0 Å². The van der Waals surface area contributed by atoms with Gasteiger partial charge in [-0.15, -0.1) is 0 Å². The average Bonchev–Trinajstić information content (AvgIpc) is 3.55. The molecule has 0 aromatic carbocycles. The van der Waals surface area contributed by atoms with Crippen LogP contribution in [0.15, 0.2) is 67.9 Å². The maximum absolute atomic E-state index is 4.96. The molecule has 35 heavy (non-hydrogen) atoms. The first-order chi connectivity index (χ1) is 16.9. The SMILES string of the molecule is C=C/C=C(\c1cc(-c2n[nH]c3ccc(-c4cncc(NC(C)C)c4)nc23)[nH]c1C)n1cnc(C)c1. The Hall–Kier alpha value is -4.46. The van der Waals surface area contributed by atoms with Crippen LogP contribution in [0.3, 0.4) is 0 Å². The zero-order chi connectivity index (χ0) is 24.5. The Morgan fingerprint density at radius 1 is 1.17 bits per heavy atom. The molecule has 8 heteroatoms. The van der Waals surface area contributed by atoms with E-state index >= 15 is 0 Å². The topological polar surface area (TPSA) is 100 Å². The first-order valence-corrected chi connectivity index (χ1v) is 11.5. The number of aryl methyl sites for hydroxylation is 2. The number of allylic oxidation sites excluding steroid dienone is 2. The number of anilines is 1. The highest BCUT2D eigenvalue weighted by molar-refractivity contribution is 5.91. The van der Waals surface area contributed by atoms with E-state index in [1.54, 1.807) is 6.08 Å². The monoisotopic (exact) mass is 464 g/mol. The minimum atomic E-state index is 0.319. The second kappa shape index (κ2) is 9.06. The maximum Gasteiger partial charge on any atom is 0.135 e. The number of imidazole rings is 1. The Balaban J connectivity index is 1.56. The quantitative estimate of drug-likeness (QED) is 0.267. The third-order valence-corrected chi connectivity index (χ3v) is 5.71. The minimum absolute atomic E-state index is 0.319. The van der Waals surface area contributed by atoms with Crippen molar-refractivity contribution in [3.63, 3.8) is 0 Å². The van der Waals surface area contributed by atoms with Gasteiger partial charge in [0.2, 0.25) is 0 Å². The van der Waals surface area contributed by atoms with Gasteiger partial charge in [0, 0.05) is 41.5 Å². The molecule has 176 valence electrons. The van der Waals surface area contributed by atoms with Gasteiger partial charge in [-0.3, -0.25) is 10.1 Å². The lowest BCUT2D eigenvalue weighted by Gasteiger charge is -2.10. The molecule has 0 bridgehead atoms. The van der Waals surface area contributed by atoms with Gasteiger partial charge in [0.25, 0.3) is 0 Å². The van der Waals surface area contributed by atoms with E-state index in [-0.39, 0.29) is 0 Å². The standard InChI is InChI=1S/C27H28N8/c1-6-7-25(35-14-17(4)29-15-35)21-11-24(31-18(21)5)27-26-23(33-34-27)9-8-22(32-26)19-10-20(13-28-12-19)30-16(2)3/h6-16,30-31H,1H2,2-5H3,(H,33,34)/b25-7+. The number of aromatic nitrogens is 7. The molecule has 0 atom stereocenters. The van der Waals surface area contributed by atoms with Crippen LogP contribution in [-0.4, -0.2) is 40.7 Å². The van der Waals surface area contributed by atoms with Crippen LogP contribution >= 0.6 is 0 Å². The molecule has 3 N–H and O–H groups in total. The summed E-state index contributed by atoms with van der Waals surface area (Å²) in [6, 6.07) is 8.47. The molecule has 8 nitrogen and oxygen atoms in total. The summed E-state index contributed by atoms with van der Waals surface area (Å²) in [5.41, 5.74) is 10.1. The molecule has 0 spiro atoms. The molecule has 5 aromatic rings. The van der Waals surface area contributed by atoms with Crippen molar-refractivity contribution in [1.82, 2.24) is 34.7 Å². The molecule has 0 radical (unpaired) electrons. The molecule has 0 saturated heterocycles. The summed E-state index contributed by atoms with van der Waals surface area (Å²) in [5.74, 6) is 0. The minimum Gasteiger partial charge on any atom is -0.382 e. The Kier molecular flexibility index (Phi) is 5.78. The number of hydrogen-bond donors (Lipinski definition) is 3. The molecular weight excluding hydrogens is 436 g/mol. The number of aromatic amines is 2. The molecular formula is C27H28N8. The van der Waals surface area contributed by atoms with Crippen LogP contribution in [0.25, 0.3) is 39.4 Å². The zero-order valence-electron chi connectivity index (χ0n) is 20.3. The molecule has 0 amide bonds. The summed E-state index contributed by atoms with van der Waals surface area (Å²) < 4.78 is 2.00. The van der Waals surface area contributed by atoms with Crippen LogP contribution in [0.5, 0.6) is 0 Å². The van der Waals surface area contributed by atoms with Crippen molar-refractivity contribution in [1.29, 1.82) is 0 Å². The fourth-order valence-electron chi connectivity index (χ4n) is 4.17. The van der Waals surface area contributed by atoms with Gasteiger partial charge in [0.15, 0.2) is 0 Å². The van der Waals surface area contributed by atoms with Crippen LogP contribution in [-0.2, 0) is 0 Å². The lowest BCUT2D eigenvalue weighted by Crippen LogP contribution is -2.09. The van der Waals surface area contributed by atoms with E-state index in [4.69, 9.17) is 4.98 Å². The van der Waals surface area contributed by atoms with Gasteiger partial charge in [0.05, 0.1) is 40.3 Å². The van der Waals surface area contributed by atoms with E-state index < -0.39 is 0 Å². The fourth-order valence-corrected chi connectivity index (χ4v) is 4.17. The van der Waals surface area contributed by atoms with Crippen molar-refractivity contribution >= 4 is 22.4 Å². The number of nitrogens with one attached hydrogen (secondary N) is 3. The van der Waals surface area contributed by atoms with Gasteiger partial charge in [-0.1, -0.05) is 12.7 Å². The summed E-state index contributed by atoms with van der Waals surface area (Å²) in [5, 5.41) is 11.1. The van der Waals surface area contributed by atoms with Crippen molar-refractivity contribution < 1.29 is 0 Å². The Morgan fingerprint density at radius 2 is 2.03 bits per heavy atom. The number of nitrogens with zero attached hydrogens (tertiary/aromatic N) is 5. The second-order valence-electron chi connectivity index (χ2n) is 8.86. The summed E-state index contributed by atoms with van der Waals surface area (Å²) in [7, 11) is 0. The van der Waals surface area contributed by atoms with Gasteiger partial charge in [-0.05, 0) is 58.0 Å². The first-order valence-electron chi connectivity index (χ1n) is 11.5. The normalized spacial score (nSPS) is 12.0. The predicted octanol–water partition coefficient (Wildman–Crippen LogP) is 5.72. The molecule has 5 rings (SSSR count). The highest BCUT2D eigenvalue weighted by Gasteiger charge is 2.17. The number of pyridine rings is 2. The summed E-state index contributed by atoms with van der Waals surface area (Å²) in [6.45, 7) is 12.1. The van der Waals surface area contributed by atoms with Crippen LogP contribution in [0, 0.1) is 13.8 Å². The molecule has 0 aliphatic rings. The van der Waals surface area contributed by atoms with Gasteiger partial charge in [-0.25, -0.2) is 9.97 Å². The van der Waals surface area contributed by atoms with Crippen molar-refractivity contribution in [3.05, 3.63) is 84.9 Å². The highest BCUT2D eigenvalue weighted by Crippen LogP contribution is 2.31. The first kappa shape index (κ1) is 22.3. The number of H-pyrrole nitrogens is 2. The third-order valence-electron chi connectivity index (χ3n) is 5.71. The Labute approximate surface area is 203 Å². The molecule has 0 fully saturated rings. The molecule has 0 aliphatic carbocycles. The molecule has 5 heterocycles. The summed E-state index contributed by atoms with van der Waals surface area (Å²) in [6.07, 6.45) is 11.2. The van der Waals surface area contributed by atoms with Gasteiger partial charge in [-0.2, -0.15) is 5.10 Å². The largest absolute Gasteiger partial charge is 0.382 e. The molecule has 0 aliphatic heterocycles. The van der Waals surface area contributed by atoms with Crippen LogP contribution < -0.4 is 5.32 Å². The van der Waals surface area contributed by atoms with E-state index in [1.165, 1.54) is 0 Å². The number of fused-ring (bicyclic) bond motifs is 1. The maximum atomic E-state index is 4.96. The Bertz CT molecular complexity index is 1550. The van der Waals surface area contributed by atoms with Gasteiger partial charge in [0.1, 0.15) is 11.2 Å². The van der Waals surface area contributed by atoms with Crippen LogP contribution in [0.4, 0.5) is 5.69 Å². The lowest BCUT2D eigenvalue weighted by atomic mass is 10.1. The van der Waals surface area contributed by atoms with E-state index in [9.17, 15) is 0 Å². The molecule has 5 aromatic heterocycles. The van der Waals surface area contributed by atoms with Crippen molar-refractivity contribution in [2.24, 2.45) is 0 Å². The number of rotatable bonds is 7. The zero-order valence-corrected chi connectivity index (χ0v) is 20.3. The van der Waals surface area contributed by atoms with E-state index in [1.807, 2.05) is 61.5 Å². The smallest absolute Gasteiger partial charge is 0.135 e. The third kappa shape index (κ3) is 4.38. The predicted molar refractivity (Wildman–Crippen MR) is 141 cm³/mol. The summed E-state index contributed by atoms with van der Waals surface area (Å²) >= 11 is 0. The second-order valence-corrected chi connectivity index (χ2v) is 8.86. The summed E-state index contributed by atoms with van der Waals surface area (Å²) in [4.78, 5) is 17.2. The molecule has 0 unspecified atom stereocenters. The number of hydrogen-bond acceptors (Lipinski definition) is 5. The van der Waals surface area contributed by atoms with Crippen LogP contribution in [0.1, 0.15) is 30.8 Å². The van der Waals surface area contributed by atoms with Crippen molar-refractivity contribution in [2.75, 3.05) is 5.32 Å². The lowest BCUT2D eigenvalue weighted by molar-refractivity contribution is 0.898. The van der Waals surface area contributed by atoms with Gasteiger partial charge >= 0.3 is 0 Å². The molecule has 0 saturated carbocycles. The highest BCUT2D eigenvalue weighted by atomic mass is 15.1. The Morgan fingerprint density at radius 3 is 2.77 bits per heavy atom. The van der Waals surface area contributed by atoms with E-state index in [2.05, 4.69) is 63.0 Å². The van der Waals surface area contributed by atoms with Crippen molar-refractivity contribution in [2.45, 2.75) is 33.7 Å².